The van der Waals surface area contributed by atoms with Crippen LogP contribution < -0.4 is 9.47 Å². The molecule has 0 atom stereocenters. The molecule has 0 aliphatic rings. The van der Waals surface area contributed by atoms with Crippen molar-refractivity contribution >= 4 is 11.2 Å². The second kappa shape index (κ2) is 7.91. The molecule has 148 valence electrons. The van der Waals surface area contributed by atoms with Crippen LogP contribution in [0.2, 0.25) is 0 Å². The van der Waals surface area contributed by atoms with Gasteiger partial charge in [-0.25, -0.2) is 4.98 Å². The monoisotopic (exact) mass is 389 g/mol. The summed E-state index contributed by atoms with van der Waals surface area (Å²) in [7, 11) is 0. The highest BCUT2D eigenvalue weighted by Gasteiger charge is 2.19. The molecule has 0 radical (unpaired) electrons. The van der Waals surface area contributed by atoms with Crippen LogP contribution in [0.4, 0.5) is 0 Å². The van der Waals surface area contributed by atoms with Gasteiger partial charge < -0.3 is 13.9 Å². The molecule has 2 aromatic heterocycles. The van der Waals surface area contributed by atoms with Crippen LogP contribution in [0.3, 0.4) is 0 Å². The van der Waals surface area contributed by atoms with Crippen LogP contribution in [0, 0.1) is 20.8 Å². The number of hydrogen-bond acceptors (Lipinski definition) is 6. The molecule has 2 heterocycles. The van der Waals surface area contributed by atoms with Gasteiger partial charge in [0, 0.05) is 5.56 Å². The fourth-order valence-corrected chi connectivity index (χ4v) is 2.94. The Bertz CT molecular complexity index is 1170. The van der Waals surface area contributed by atoms with E-state index in [-0.39, 0.29) is 6.01 Å². The van der Waals surface area contributed by atoms with Crippen molar-refractivity contribution in [3.05, 3.63) is 59.2 Å². The number of ether oxygens (including phenoxy) is 2. The Balaban J connectivity index is 1.78. The Kier molecular flexibility index (Phi) is 5.16. The maximum absolute atomic E-state index is 5.96. The molecule has 0 fully saturated rings. The second-order valence-electron chi connectivity index (χ2n) is 7.07. The highest BCUT2D eigenvalue weighted by molar-refractivity contribution is 5.78. The van der Waals surface area contributed by atoms with Crippen molar-refractivity contribution in [2.45, 2.75) is 34.1 Å². The number of hydrogen-bond donors (Lipinski definition) is 0. The molecular weight excluding hydrogens is 366 g/mol. The lowest BCUT2D eigenvalue weighted by Gasteiger charge is -2.09. The molecule has 0 spiro atoms. The Morgan fingerprint density at radius 1 is 0.931 bits per heavy atom. The van der Waals surface area contributed by atoms with E-state index in [2.05, 4.69) is 15.0 Å². The molecule has 2 aromatic carbocycles. The van der Waals surface area contributed by atoms with Gasteiger partial charge >= 0.3 is 6.01 Å². The van der Waals surface area contributed by atoms with Crippen molar-refractivity contribution in [2.24, 2.45) is 0 Å². The van der Waals surface area contributed by atoms with Gasteiger partial charge in [-0.1, -0.05) is 36.8 Å². The third-order valence-corrected chi connectivity index (χ3v) is 4.46. The van der Waals surface area contributed by atoms with Crippen LogP contribution in [0.25, 0.3) is 22.7 Å². The van der Waals surface area contributed by atoms with Gasteiger partial charge in [-0.2, -0.15) is 9.97 Å². The second-order valence-corrected chi connectivity index (χ2v) is 7.07. The lowest BCUT2D eigenvalue weighted by Crippen LogP contribution is -2.01. The zero-order valence-corrected chi connectivity index (χ0v) is 17.0. The summed E-state index contributed by atoms with van der Waals surface area (Å²) in [5, 5.41) is 0. The molecule has 0 amide bonds. The van der Waals surface area contributed by atoms with E-state index in [1.807, 2.05) is 70.2 Å². The minimum atomic E-state index is 0.171. The van der Waals surface area contributed by atoms with Crippen molar-refractivity contribution in [3.63, 3.8) is 0 Å². The highest BCUT2D eigenvalue weighted by Crippen LogP contribution is 2.32. The van der Waals surface area contributed by atoms with Crippen LogP contribution in [-0.2, 0) is 0 Å². The van der Waals surface area contributed by atoms with E-state index in [1.54, 1.807) is 0 Å². The van der Waals surface area contributed by atoms with Gasteiger partial charge in [0.25, 0.3) is 11.6 Å². The van der Waals surface area contributed by atoms with Crippen LogP contribution >= 0.6 is 0 Å². The van der Waals surface area contributed by atoms with Crippen molar-refractivity contribution in [1.82, 2.24) is 15.0 Å². The quantitative estimate of drug-likeness (QED) is 0.416. The molecule has 0 saturated carbocycles. The predicted octanol–water partition coefficient (Wildman–Crippen LogP) is 5.79. The molecule has 0 N–H and O–H groups in total. The number of aryl methyl sites for hydroxylation is 3. The first-order valence-corrected chi connectivity index (χ1v) is 9.67. The Morgan fingerprint density at radius 2 is 1.76 bits per heavy atom. The van der Waals surface area contributed by atoms with Gasteiger partial charge in [0.15, 0.2) is 5.52 Å². The largest absolute Gasteiger partial charge is 0.476 e. The zero-order chi connectivity index (χ0) is 20.4. The first kappa shape index (κ1) is 18.9. The maximum Gasteiger partial charge on any atom is 0.328 e. The fraction of sp³-hybridized carbons (Fsp3) is 0.261. The summed E-state index contributed by atoms with van der Waals surface area (Å²) >= 11 is 0. The number of oxazole rings is 1. The van der Waals surface area contributed by atoms with Gasteiger partial charge in [-0.05, 0) is 56.5 Å². The third kappa shape index (κ3) is 4.06. The van der Waals surface area contributed by atoms with Crippen LogP contribution in [0.5, 0.6) is 17.6 Å². The summed E-state index contributed by atoms with van der Waals surface area (Å²) in [6.45, 7) is 8.56. The lowest BCUT2D eigenvalue weighted by atomic mass is 10.1. The third-order valence-electron chi connectivity index (χ3n) is 4.46. The van der Waals surface area contributed by atoms with Crippen molar-refractivity contribution in [1.29, 1.82) is 0 Å². The Morgan fingerprint density at radius 3 is 2.55 bits per heavy atom. The fourth-order valence-electron chi connectivity index (χ4n) is 2.94. The topological polar surface area (TPSA) is 70.3 Å². The molecule has 0 unspecified atom stereocenters. The summed E-state index contributed by atoms with van der Waals surface area (Å²) in [5.41, 5.74) is 4.91. The molecule has 6 heteroatoms. The van der Waals surface area contributed by atoms with E-state index < -0.39 is 0 Å². The van der Waals surface area contributed by atoms with Gasteiger partial charge in [-0.3, -0.25) is 0 Å². The van der Waals surface area contributed by atoms with Gasteiger partial charge in [0.1, 0.15) is 5.75 Å². The molecule has 29 heavy (non-hydrogen) atoms. The van der Waals surface area contributed by atoms with Gasteiger partial charge in [0.05, 0.1) is 6.61 Å². The minimum absolute atomic E-state index is 0.171. The first-order valence-electron chi connectivity index (χ1n) is 9.67. The van der Waals surface area contributed by atoms with E-state index >= 15 is 0 Å². The van der Waals surface area contributed by atoms with Crippen LogP contribution in [0.15, 0.2) is 46.9 Å². The van der Waals surface area contributed by atoms with Crippen LogP contribution in [0.1, 0.15) is 30.0 Å². The Labute approximate surface area is 169 Å². The Hall–Kier alpha value is -3.41. The first-order chi connectivity index (χ1) is 14.0. The standard InChI is InChI=1S/C23H23N3O3/c1-5-11-27-21-19-22(29-20(24-19)17-8-6-7-14(2)12-17)26-23(25-21)28-18-13-15(3)9-10-16(18)4/h6-10,12-13H,5,11H2,1-4H3. The summed E-state index contributed by atoms with van der Waals surface area (Å²) in [6, 6.07) is 14.1. The molecule has 6 nitrogen and oxygen atoms in total. The molecular formula is C23H23N3O3. The van der Waals surface area contributed by atoms with Crippen LogP contribution in [-0.4, -0.2) is 21.6 Å². The highest BCUT2D eigenvalue weighted by atomic mass is 16.5. The lowest BCUT2D eigenvalue weighted by molar-refractivity contribution is 0.302. The van der Waals surface area contributed by atoms with E-state index in [0.717, 1.165) is 28.7 Å². The molecule has 0 aliphatic heterocycles. The van der Waals surface area contributed by atoms with Crippen molar-refractivity contribution < 1.29 is 13.9 Å². The zero-order valence-electron chi connectivity index (χ0n) is 17.0. The summed E-state index contributed by atoms with van der Waals surface area (Å²) in [4.78, 5) is 13.5. The minimum Gasteiger partial charge on any atom is -0.476 e. The number of nitrogens with zero attached hydrogens (tertiary/aromatic N) is 3. The van der Waals surface area contributed by atoms with Gasteiger partial charge in [-0.15, -0.1) is 0 Å². The number of fused-ring (bicyclic) bond motifs is 1. The normalized spacial score (nSPS) is 11.0. The molecule has 0 aliphatic carbocycles. The van der Waals surface area contributed by atoms with E-state index in [4.69, 9.17) is 13.9 Å². The predicted molar refractivity (Wildman–Crippen MR) is 112 cm³/mol. The van der Waals surface area contributed by atoms with E-state index in [9.17, 15) is 0 Å². The van der Waals surface area contributed by atoms with Crippen molar-refractivity contribution in [2.75, 3.05) is 6.61 Å². The maximum atomic E-state index is 5.96. The number of rotatable bonds is 6. The van der Waals surface area contributed by atoms with E-state index in [1.165, 1.54) is 0 Å². The average Bonchev–Trinajstić information content (AvgIpc) is 3.13. The smallest absolute Gasteiger partial charge is 0.328 e. The van der Waals surface area contributed by atoms with Crippen molar-refractivity contribution in [3.8, 4) is 29.1 Å². The number of benzene rings is 2. The van der Waals surface area contributed by atoms with Gasteiger partial charge in [0.2, 0.25) is 5.89 Å². The summed E-state index contributed by atoms with van der Waals surface area (Å²) in [6.07, 6.45) is 0.848. The number of aromatic nitrogens is 3. The molecule has 0 saturated heterocycles. The average molecular weight is 389 g/mol. The summed E-state index contributed by atoms with van der Waals surface area (Å²) in [5.74, 6) is 1.53. The molecule has 0 bridgehead atoms. The summed E-state index contributed by atoms with van der Waals surface area (Å²) < 4.78 is 17.7. The molecule has 4 rings (SSSR count). The molecule has 4 aromatic rings. The SMILES string of the molecule is CCCOc1nc(Oc2cc(C)ccc2C)nc2oc(-c3cccc(C)c3)nc12. The van der Waals surface area contributed by atoms with E-state index in [0.29, 0.717) is 35.4 Å².